The van der Waals surface area contributed by atoms with Gasteiger partial charge in [-0.1, -0.05) is 42.0 Å². The Kier molecular flexibility index (Phi) is 6.15. The number of carbonyl (C=O) groups excluding carboxylic acids is 1. The van der Waals surface area contributed by atoms with Crippen LogP contribution in [0.25, 0.3) is 21.3 Å². The van der Waals surface area contributed by atoms with Gasteiger partial charge in [0.05, 0.1) is 11.4 Å². The summed E-state index contributed by atoms with van der Waals surface area (Å²) in [6.45, 7) is 3.60. The number of nitrogens with one attached hydrogen (secondary N) is 2. The van der Waals surface area contributed by atoms with E-state index in [0.717, 1.165) is 36.1 Å². The third kappa shape index (κ3) is 4.59. The van der Waals surface area contributed by atoms with E-state index in [1.54, 1.807) is 12.1 Å². The second kappa shape index (κ2) is 9.38. The molecule has 2 N–H and O–H groups in total. The molecule has 3 heterocycles. The van der Waals surface area contributed by atoms with Crippen molar-refractivity contribution in [2.75, 3.05) is 18.0 Å². The summed E-state index contributed by atoms with van der Waals surface area (Å²) in [5, 5.41) is 4.93. The van der Waals surface area contributed by atoms with E-state index in [4.69, 9.17) is 4.98 Å². The van der Waals surface area contributed by atoms with Gasteiger partial charge in [-0.2, -0.15) is 0 Å². The fourth-order valence-corrected chi connectivity index (χ4v) is 5.23. The first-order valence-electron chi connectivity index (χ1n) is 11.3. The number of halogens is 1. The number of aryl methyl sites for hydroxylation is 1. The standard InChI is InChI=1S/C26H25FN4O2S/c1-16-4-8-18(9-5-16)21-15-34-23-22(21)29-26(30-25(23)33)31-12-2-3-19(14-31)24(32)28-13-17-6-10-20(27)11-7-17/h4-11,15,19H,2-3,12-14H2,1H3,(H,28,32)(H,29,30,33). The molecule has 34 heavy (non-hydrogen) atoms. The van der Waals surface area contributed by atoms with Crippen LogP contribution in [0.4, 0.5) is 10.3 Å². The molecule has 1 aliphatic rings. The van der Waals surface area contributed by atoms with Crippen molar-refractivity contribution in [2.24, 2.45) is 5.92 Å². The van der Waals surface area contributed by atoms with Crippen LogP contribution in [0.15, 0.2) is 58.7 Å². The molecule has 1 unspecified atom stereocenters. The lowest BCUT2D eigenvalue weighted by atomic mass is 9.97. The Morgan fingerprint density at radius 1 is 1.21 bits per heavy atom. The highest BCUT2D eigenvalue weighted by Gasteiger charge is 2.27. The van der Waals surface area contributed by atoms with Crippen molar-refractivity contribution in [3.8, 4) is 11.1 Å². The number of carbonyl (C=O) groups is 1. The topological polar surface area (TPSA) is 78.1 Å². The molecule has 4 aromatic rings. The molecule has 0 spiro atoms. The summed E-state index contributed by atoms with van der Waals surface area (Å²) in [6.07, 6.45) is 1.59. The van der Waals surface area contributed by atoms with Crippen molar-refractivity contribution in [2.45, 2.75) is 26.3 Å². The number of piperidine rings is 1. The molecule has 1 amide bonds. The first-order valence-corrected chi connectivity index (χ1v) is 12.2. The summed E-state index contributed by atoms with van der Waals surface area (Å²) in [7, 11) is 0. The summed E-state index contributed by atoms with van der Waals surface area (Å²) >= 11 is 1.39. The lowest BCUT2D eigenvalue weighted by Gasteiger charge is -2.32. The first kappa shape index (κ1) is 22.3. The molecule has 2 aromatic carbocycles. The van der Waals surface area contributed by atoms with Gasteiger partial charge in [0.2, 0.25) is 11.9 Å². The van der Waals surface area contributed by atoms with Crippen LogP contribution < -0.4 is 15.8 Å². The van der Waals surface area contributed by atoms with Crippen LogP contribution in [0.3, 0.4) is 0 Å². The molecule has 0 aliphatic carbocycles. The van der Waals surface area contributed by atoms with Gasteiger partial charge in [0.15, 0.2) is 0 Å². The summed E-state index contributed by atoms with van der Waals surface area (Å²) in [6, 6.07) is 14.3. The van der Waals surface area contributed by atoms with Gasteiger partial charge in [-0.05, 0) is 43.0 Å². The van der Waals surface area contributed by atoms with E-state index < -0.39 is 0 Å². The Balaban J connectivity index is 1.35. The van der Waals surface area contributed by atoms with Gasteiger partial charge >= 0.3 is 0 Å². The molecular formula is C26H25FN4O2S. The second-order valence-corrected chi connectivity index (χ2v) is 9.59. The Bertz CT molecular complexity index is 1380. The molecule has 8 heteroatoms. The Morgan fingerprint density at radius 2 is 1.97 bits per heavy atom. The van der Waals surface area contributed by atoms with Gasteiger partial charge in [0, 0.05) is 30.6 Å². The highest BCUT2D eigenvalue weighted by Crippen LogP contribution is 2.32. The predicted molar refractivity (Wildman–Crippen MR) is 134 cm³/mol. The number of amides is 1. The number of H-pyrrole nitrogens is 1. The quantitative estimate of drug-likeness (QED) is 0.440. The zero-order valence-electron chi connectivity index (χ0n) is 18.8. The molecule has 1 aliphatic heterocycles. The van der Waals surface area contributed by atoms with Crippen LogP contribution in [0.1, 0.15) is 24.0 Å². The second-order valence-electron chi connectivity index (χ2n) is 8.71. The van der Waals surface area contributed by atoms with Gasteiger partial charge in [-0.3, -0.25) is 14.6 Å². The fraction of sp³-hybridized carbons (Fsp3) is 0.269. The van der Waals surface area contributed by atoms with Gasteiger partial charge in [-0.15, -0.1) is 11.3 Å². The number of aromatic nitrogens is 2. The van der Waals surface area contributed by atoms with E-state index in [0.29, 0.717) is 29.3 Å². The van der Waals surface area contributed by atoms with E-state index in [9.17, 15) is 14.0 Å². The number of hydrogen-bond donors (Lipinski definition) is 2. The number of aromatic amines is 1. The van der Waals surface area contributed by atoms with Gasteiger partial charge in [-0.25, -0.2) is 9.37 Å². The first-order chi connectivity index (χ1) is 16.5. The molecule has 174 valence electrons. The number of hydrogen-bond acceptors (Lipinski definition) is 5. The predicted octanol–water partition coefficient (Wildman–Crippen LogP) is 4.63. The number of rotatable bonds is 5. The van der Waals surface area contributed by atoms with Crippen LogP contribution >= 0.6 is 11.3 Å². The SMILES string of the molecule is Cc1ccc(-c2csc3c(=O)[nH]c(N4CCCC(C(=O)NCc5ccc(F)cc5)C4)nc23)cc1. The van der Waals surface area contributed by atoms with E-state index in [2.05, 4.69) is 10.3 Å². The molecule has 1 fully saturated rings. The summed E-state index contributed by atoms with van der Waals surface area (Å²) in [5.41, 5.74) is 4.52. The minimum absolute atomic E-state index is 0.0478. The third-order valence-corrected chi connectivity index (χ3v) is 7.22. The van der Waals surface area contributed by atoms with Crippen LogP contribution in [0.5, 0.6) is 0 Å². The monoisotopic (exact) mass is 476 g/mol. The molecule has 0 bridgehead atoms. The van der Waals surface area contributed by atoms with Crippen molar-refractivity contribution in [3.05, 3.63) is 81.2 Å². The van der Waals surface area contributed by atoms with Crippen LogP contribution in [0, 0.1) is 18.7 Å². The van der Waals surface area contributed by atoms with Crippen molar-refractivity contribution < 1.29 is 9.18 Å². The minimum atomic E-state index is -0.299. The zero-order chi connectivity index (χ0) is 23.7. The Hall–Kier alpha value is -3.52. The molecule has 2 aromatic heterocycles. The maximum absolute atomic E-state index is 13.1. The fourth-order valence-electron chi connectivity index (χ4n) is 4.32. The lowest BCUT2D eigenvalue weighted by Crippen LogP contribution is -2.44. The van der Waals surface area contributed by atoms with E-state index in [-0.39, 0.29) is 23.2 Å². The number of thiophene rings is 1. The normalized spacial score (nSPS) is 16.1. The van der Waals surface area contributed by atoms with Crippen LogP contribution in [-0.4, -0.2) is 29.0 Å². The highest BCUT2D eigenvalue weighted by atomic mass is 32.1. The zero-order valence-corrected chi connectivity index (χ0v) is 19.6. The number of benzene rings is 2. The van der Waals surface area contributed by atoms with Gasteiger partial charge in [0.25, 0.3) is 5.56 Å². The Morgan fingerprint density at radius 3 is 2.74 bits per heavy atom. The Labute approximate surface area is 200 Å². The number of fused-ring (bicyclic) bond motifs is 1. The van der Waals surface area contributed by atoms with E-state index >= 15 is 0 Å². The van der Waals surface area contributed by atoms with Crippen LogP contribution in [-0.2, 0) is 11.3 Å². The lowest BCUT2D eigenvalue weighted by molar-refractivity contribution is -0.125. The molecular weight excluding hydrogens is 451 g/mol. The van der Waals surface area contributed by atoms with E-state index in [1.807, 2.05) is 41.5 Å². The summed E-state index contributed by atoms with van der Waals surface area (Å²) in [5.74, 6) is -0.0597. The molecule has 5 rings (SSSR count). The van der Waals surface area contributed by atoms with Crippen molar-refractivity contribution in [1.82, 2.24) is 15.3 Å². The number of nitrogens with zero attached hydrogens (tertiary/aromatic N) is 2. The minimum Gasteiger partial charge on any atom is -0.352 e. The third-order valence-electron chi connectivity index (χ3n) is 6.25. The molecule has 0 saturated carbocycles. The molecule has 1 atom stereocenters. The number of anilines is 1. The largest absolute Gasteiger partial charge is 0.352 e. The maximum Gasteiger partial charge on any atom is 0.270 e. The summed E-state index contributed by atoms with van der Waals surface area (Å²) < 4.78 is 13.7. The van der Waals surface area contributed by atoms with Crippen molar-refractivity contribution >= 4 is 33.4 Å². The summed E-state index contributed by atoms with van der Waals surface area (Å²) in [4.78, 5) is 35.4. The highest BCUT2D eigenvalue weighted by molar-refractivity contribution is 7.17. The molecule has 6 nitrogen and oxygen atoms in total. The van der Waals surface area contributed by atoms with E-state index in [1.165, 1.54) is 29.0 Å². The molecule has 1 saturated heterocycles. The average molecular weight is 477 g/mol. The smallest absolute Gasteiger partial charge is 0.270 e. The average Bonchev–Trinajstić information content (AvgIpc) is 3.29. The molecule has 0 radical (unpaired) electrons. The van der Waals surface area contributed by atoms with Gasteiger partial charge < -0.3 is 10.2 Å². The maximum atomic E-state index is 13.1. The van der Waals surface area contributed by atoms with Gasteiger partial charge in [0.1, 0.15) is 10.5 Å². The van der Waals surface area contributed by atoms with Crippen molar-refractivity contribution in [1.29, 1.82) is 0 Å². The van der Waals surface area contributed by atoms with Crippen molar-refractivity contribution in [3.63, 3.8) is 0 Å². The van der Waals surface area contributed by atoms with Crippen LogP contribution in [0.2, 0.25) is 0 Å².